The summed E-state index contributed by atoms with van der Waals surface area (Å²) in [7, 11) is 1.64. The van der Waals surface area contributed by atoms with Crippen LogP contribution in [-0.2, 0) is 4.74 Å². The van der Waals surface area contributed by atoms with E-state index in [1.165, 1.54) is 10.9 Å². The third-order valence-corrected chi connectivity index (χ3v) is 5.30. The Labute approximate surface area is 169 Å². The van der Waals surface area contributed by atoms with Gasteiger partial charge in [-0.2, -0.15) is 9.97 Å². The maximum absolute atomic E-state index is 6.20. The van der Waals surface area contributed by atoms with Gasteiger partial charge in [0, 0.05) is 44.0 Å². The van der Waals surface area contributed by atoms with Crippen LogP contribution in [0.25, 0.3) is 11.0 Å². The van der Waals surface area contributed by atoms with E-state index in [-0.39, 0.29) is 12.1 Å². The molecule has 1 fully saturated rings. The average molecular weight is 402 g/mol. The van der Waals surface area contributed by atoms with Gasteiger partial charge < -0.3 is 19.4 Å². The fourth-order valence-corrected chi connectivity index (χ4v) is 3.95. The SMILES string of the molecule is COC[C@@H](C)Oc1nc(Cl)cc(N2CCC(c3c[nH]c4ncccc34)CC2)n1. The lowest BCUT2D eigenvalue weighted by molar-refractivity contribution is 0.0856. The molecule has 1 aliphatic rings. The summed E-state index contributed by atoms with van der Waals surface area (Å²) in [6.07, 6.45) is 5.86. The normalized spacial score (nSPS) is 16.5. The summed E-state index contributed by atoms with van der Waals surface area (Å²) < 4.78 is 10.8. The predicted octanol–water partition coefficient (Wildman–Crippen LogP) is 3.80. The molecule has 3 aromatic heterocycles. The number of aromatic amines is 1. The van der Waals surface area contributed by atoms with Gasteiger partial charge in [-0.1, -0.05) is 11.6 Å². The molecule has 0 aliphatic carbocycles. The van der Waals surface area contributed by atoms with Crippen LogP contribution in [0.4, 0.5) is 5.82 Å². The zero-order chi connectivity index (χ0) is 19.5. The molecule has 8 heteroatoms. The number of pyridine rings is 1. The topological polar surface area (TPSA) is 76.2 Å². The van der Waals surface area contributed by atoms with E-state index in [0.29, 0.717) is 17.7 Å². The second kappa shape index (κ2) is 8.32. The van der Waals surface area contributed by atoms with Crippen LogP contribution < -0.4 is 9.64 Å². The molecule has 0 radical (unpaired) electrons. The number of H-pyrrole nitrogens is 1. The summed E-state index contributed by atoms with van der Waals surface area (Å²) in [4.78, 5) is 18.7. The average Bonchev–Trinajstić information content (AvgIpc) is 3.12. The number of ether oxygens (including phenoxy) is 2. The first kappa shape index (κ1) is 19.0. The van der Waals surface area contributed by atoms with Crippen LogP contribution in [0.3, 0.4) is 0 Å². The van der Waals surface area contributed by atoms with Crippen molar-refractivity contribution < 1.29 is 9.47 Å². The molecule has 148 valence electrons. The third-order valence-electron chi connectivity index (χ3n) is 5.11. The largest absolute Gasteiger partial charge is 0.458 e. The van der Waals surface area contributed by atoms with E-state index >= 15 is 0 Å². The van der Waals surface area contributed by atoms with Crippen molar-refractivity contribution in [2.75, 3.05) is 31.7 Å². The first-order valence-corrected chi connectivity index (χ1v) is 9.89. The Morgan fingerprint density at radius 1 is 1.32 bits per heavy atom. The first-order valence-electron chi connectivity index (χ1n) is 9.51. The molecule has 4 heterocycles. The van der Waals surface area contributed by atoms with Crippen LogP contribution in [0.1, 0.15) is 31.2 Å². The van der Waals surface area contributed by atoms with Crippen molar-refractivity contribution in [2.24, 2.45) is 0 Å². The lowest BCUT2D eigenvalue weighted by Gasteiger charge is -2.33. The van der Waals surface area contributed by atoms with Gasteiger partial charge in [-0.25, -0.2) is 4.98 Å². The number of nitrogens with one attached hydrogen (secondary N) is 1. The standard InChI is InChI=1S/C20H24ClN5O2/c1-13(12-27-2)28-20-24-17(21)10-18(25-20)26-8-5-14(6-9-26)16-11-23-19-15(16)4-3-7-22-19/h3-4,7,10-11,13-14H,5-6,8-9,12H2,1-2H3,(H,22,23)/t13-/m1/s1. The molecule has 1 atom stereocenters. The highest BCUT2D eigenvalue weighted by atomic mass is 35.5. The van der Waals surface area contributed by atoms with E-state index in [9.17, 15) is 0 Å². The van der Waals surface area contributed by atoms with Crippen molar-refractivity contribution in [1.82, 2.24) is 19.9 Å². The highest BCUT2D eigenvalue weighted by Crippen LogP contribution is 2.34. The molecule has 0 aromatic carbocycles. The maximum Gasteiger partial charge on any atom is 0.320 e. The second-order valence-electron chi connectivity index (χ2n) is 7.12. The second-order valence-corrected chi connectivity index (χ2v) is 7.51. The summed E-state index contributed by atoms with van der Waals surface area (Å²) in [5.74, 6) is 1.31. The number of piperidine rings is 1. The molecule has 28 heavy (non-hydrogen) atoms. The summed E-state index contributed by atoms with van der Waals surface area (Å²) in [6, 6.07) is 6.21. The molecule has 1 N–H and O–H groups in total. The Bertz CT molecular complexity index is 939. The van der Waals surface area contributed by atoms with Crippen LogP contribution in [-0.4, -0.2) is 52.8 Å². The zero-order valence-electron chi connectivity index (χ0n) is 16.1. The number of hydrogen-bond acceptors (Lipinski definition) is 6. The van der Waals surface area contributed by atoms with Crippen molar-refractivity contribution in [1.29, 1.82) is 0 Å². The van der Waals surface area contributed by atoms with Gasteiger partial charge in [-0.3, -0.25) is 0 Å². The van der Waals surface area contributed by atoms with Crippen LogP contribution in [0, 0.1) is 0 Å². The van der Waals surface area contributed by atoms with Gasteiger partial charge in [0.2, 0.25) is 0 Å². The minimum Gasteiger partial charge on any atom is -0.458 e. The molecule has 1 saturated heterocycles. The summed E-state index contributed by atoms with van der Waals surface area (Å²) in [5.41, 5.74) is 2.30. The molecule has 0 unspecified atom stereocenters. The van der Waals surface area contributed by atoms with E-state index in [1.807, 2.05) is 19.2 Å². The van der Waals surface area contributed by atoms with E-state index in [0.717, 1.165) is 37.4 Å². The van der Waals surface area contributed by atoms with Crippen LogP contribution >= 0.6 is 11.6 Å². The number of halogens is 1. The predicted molar refractivity (Wildman–Crippen MR) is 109 cm³/mol. The zero-order valence-corrected chi connectivity index (χ0v) is 16.8. The monoisotopic (exact) mass is 401 g/mol. The summed E-state index contributed by atoms with van der Waals surface area (Å²) in [6.45, 7) is 4.18. The van der Waals surface area contributed by atoms with Crippen molar-refractivity contribution in [3.63, 3.8) is 0 Å². The molecule has 0 spiro atoms. The number of hydrogen-bond donors (Lipinski definition) is 1. The van der Waals surface area contributed by atoms with E-state index < -0.39 is 0 Å². The quantitative estimate of drug-likeness (QED) is 0.633. The number of fused-ring (bicyclic) bond motifs is 1. The van der Waals surface area contributed by atoms with Gasteiger partial charge in [0.1, 0.15) is 22.7 Å². The highest BCUT2D eigenvalue weighted by Gasteiger charge is 2.24. The minimum absolute atomic E-state index is 0.141. The Balaban J connectivity index is 1.45. The van der Waals surface area contributed by atoms with Crippen LogP contribution in [0.15, 0.2) is 30.6 Å². The van der Waals surface area contributed by atoms with Crippen LogP contribution in [0.5, 0.6) is 6.01 Å². The summed E-state index contributed by atoms with van der Waals surface area (Å²) >= 11 is 6.20. The third kappa shape index (κ3) is 4.05. The number of methoxy groups -OCH3 is 1. The summed E-state index contributed by atoms with van der Waals surface area (Å²) in [5, 5.41) is 1.60. The molecule has 0 amide bonds. The van der Waals surface area contributed by atoms with Gasteiger partial charge in [-0.05, 0) is 43.4 Å². The first-order chi connectivity index (χ1) is 13.6. The lowest BCUT2D eigenvalue weighted by Crippen LogP contribution is -2.33. The van der Waals surface area contributed by atoms with Crippen molar-refractivity contribution in [3.8, 4) is 6.01 Å². The van der Waals surface area contributed by atoms with Crippen molar-refractivity contribution in [2.45, 2.75) is 31.8 Å². The molecule has 4 rings (SSSR count). The van der Waals surface area contributed by atoms with E-state index in [1.54, 1.807) is 13.2 Å². The van der Waals surface area contributed by atoms with Crippen LogP contribution in [0.2, 0.25) is 5.15 Å². The molecule has 7 nitrogen and oxygen atoms in total. The lowest BCUT2D eigenvalue weighted by atomic mass is 9.89. The van der Waals surface area contributed by atoms with Crippen molar-refractivity contribution in [3.05, 3.63) is 41.3 Å². The molecule has 1 aliphatic heterocycles. The number of nitrogens with zero attached hydrogens (tertiary/aromatic N) is 4. The van der Waals surface area contributed by atoms with Gasteiger partial charge in [0.15, 0.2) is 0 Å². The molecule has 0 bridgehead atoms. The number of rotatable bonds is 6. The molecular formula is C20H24ClN5O2. The Morgan fingerprint density at radius 3 is 2.93 bits per heavy atom. The molecule has 0 saturated carbocycles. The van der Waals surface area contributed by atoms with Gasteiger partial charge in [0.05, 0.1) is 6.61 Å². The Kier molecular flexibility index (Phi) is 5.64. The fourth-order valence-electron chi connectivity index (χ4n) is 3.78. The molecule has 3 aromatic rings. The molecular weight excluding hydrogens is 378 g/mol. The minimum atomic E-state index is -0.141. The Morgan fingerprint density at radius 2 is 2.14 bits per heavy atom. The van der Waals surface area contributed by atoms with Gasteiger partial charge in [0.25, 0.3) is 0 Å². The smallest absolute Gasteiger partial charge is 0.320 e. The van der Waals surface area contributed by atoms with E-state index in [2.05, 4.69) is 37.1 Å². The van der Waals surface area contributed by atoms with Gasteiger partial charge >= 0.3 is 6.01 Å². The van der Waals surface area contributed by atoms with Crippen molar-refractivity contribution >= 4 is 28.5 Å². The Hall–Kier alpha value is -2.38. The maximum atomic E-state index is 6.20. The fraction of sp³-hybridized carbons (Fsp3) is 0.450. The number of aromatic nitrogens is 4. The van der Waals surface area contributed by atoms with Gasteiger partial charge in [-0.15, -0.1) is 0 Å². The van der Waals surface area contributed by atoms with E-state index in [4.69, 9.17) is 21.1 Å². The number of anilines is 1. The highest BCUT2D eigenvalue weighted by molar-refractivity contribution is 6.29.